The second-order valence-corrected chi connectivity index (χ2v) is 7.88. The molecule has 3 rings (SSSR count). The molecular formula is C23H29F2NO. The van der Waals surface area contributed by atoms with Gasteiger partial charge in [-0.2, -0.15) is 0 Å². The van der Waals surface area contributed by atoms with Crippen molar-refractivity contribution in [2.45, 2.75) is 51.0 Å². The van der Waals surface area contributed by atoms with Crippen LogP contribution in [0.4, 0.5) is 8.78 Å². The van der Waals surface area contributed by atoms with Gasteiger partial charge in [-0.15, -0.1) is 0 Å². The van der Waals surface area contributed by atoms with Gasteiger partial charge in [-0.1, -0.05) is 30.3 Å². The van der Waals surface area contributed by atoms with Gasteiger partial charge in [0.2, 0.25) is 0 Å². The first-order valence-corrected chi connectivity index (χ1v) is 9.86. The molecule has 0 spiro atoms. The number of ether oxygens (including phenoxy) is 1. The maximum atomic E-state index is 13.2. The molecule has 0 amide bonds. The van der Waals surface area contributed by atoms with Gasteiger partial charge >= 0.3 is 0 Å². The van der Waals surface area contributed by atoms with Crippen molar-refractivity contribution >= 4 is 0 Å². The molecule has 0 aromatic heterocycles. The second kappa shape index (κ2) is 8.83. The average molecular weight is 373 g/mol. The monoisotopic (exact) mass is 373 g/mol. The van der Waals surface area contributed by atoms with E-state index < -0.39 is 11.6 Å². The van der Waals surface area contributed by atoms with Gasteiger partial charge in [0.15, 0.2) is 11.6 Å². The summed E-state index contributed by atoms with van der Waals surface area (Å²) in [6.45, 7) is 7.36. The predicted octanol–water partition coefficient (Wildman–Crippen LogP) is 5.78. The largest absolute Gasteiger partial charge is 0.493 e. The fraction of sp³-hybridized carbons (Fsp3) is 0.478. The van der Waals surface area contributed by atoms with Crippen molar-refractivity contribution in [1.82, 2.24) is 4.90 Å². The van der Waals surface area contributed by atoms with Crippen LogP contribution in [0.15, 0.2) is 48.5 Å². The smallest absolute Gasteiger partial charge is 0.162 e. The molecular weight excluding hydrogens is 344 g/mol. The van der Waals surface area contributed by atoms with Crippen molar-refractivity contribution in [2.24, 2.45) is 0 Å². The van der Waals surface area contributed by atoms with Crippen molar-refractivity contribution in [3.8, 4) is 5.75 Å². The highest BCUT2D eigenvalue weighted by atomic mass is 19.2. The Labute approximate surface area is 161 Å². The summed E-state index contributed by atoms with van der Waals surface area (Å²) >= 11 is 0. The zero-order chi connectivity index (χ0) is 19.3. The maximum Gasteiger partial charge on any atom is 0.162 e. The number of likely N-dealkylation sites (tertiary alicyclic amines) is 1. The van der Waals surface area contributed by atoms with Gasteiger partial charge in [0.05, 0.1) is 6.61 Å². The van der Waals surface area contributed by atoms with Crippen LogP contribution in [-0.2, 0) is 0 Å². The van der Waals surface area contributed by atoms with E-state index in [0.717, 1.165) is 38.1 Å². The fourth-order valence-electron chi connectivity index (χ4n) is 4.17. The van der Waals surface area contributed by atoms with Crippen molar-refractivity contribution in [2.75, 3.05) is 19.7 Å². The van der Waals surface area contributed by atoms with E-state index in [4.69, 9.17) is 4.74 Å². The number of nitrogens with zero attached hydrogens (tertiary/aromatic N) is 1. The molecule has 2 aromatic rings. The quantitative estimate of drug-likeness (QED) is 0.570. The highest BCUT2D eigenvalue weighted by Gasteiger charge is 2.38. The first-order chi connectivity index (χ1) is 13.0. The minimum Gasteiger partial charge on any atom is -0.493 e. The molecule has 1 atom stereocenters. The molecule has 1 fully saturated rings. The van der Waals surface area contributed by atoms with Crippen LogP contribution in [0.25, 0.3) is 0 Å². The molecule has 0 N–H and O–H groups in total. The Morgan fingerprint density at radius 1 is 1.04 bits per heavy atom. The van der Waals surface area contributed by atoms with Crippen molar-refractivity contribution in [3.63, 3.8) is 0 Å². The van der Waals surface area contributed by atoms with Gasteiger partial charge in [-0.3, -0.25) is 4.90 Å². The molecule has 0 radical (unpaired) electrons. The van der Waals surface area contributed by atoms with Crippen LogP contribution >= 0.6 is 0 Å². The van der Waals surface area contributed by atoms with E-state index in [9.17, 15) is 8.78 Å². The summed E-state index contributed by atoms with van der Waals surface area (Å²) in [6.07, 6.45) is 4.36. The van der Waals surface area contributed by atoms with E-state index in [0.29, 0.717) is 18.3 Å². The van der Waals surface area contributed by atoms with E-state index in [-0.39, 0.29) is 5.54 Å². The number of hydrogen-bond acceptors (Lipinski definition) is 2. The Morgan fingerprint density at radius 2 is 1.81 bits per heavy atom. The highest BCUT2D eigenvalue weighted by molar-refractivity contribution is 5.24. The van der Waals surface area contributed by atoms with Crippen LogP contribution < -0.4 is 4.74 Å². The van der Waals surface area contributed by atoms with Crippen LogP contribution in [0, 0.1) is 11.6 Å². The van der Waals surface area contributed by atoms with Crippen LogP contribution in [-0.4, -0.2) is 30.1 Å². The SMILES string of the molecule is CC1(C)C(c2ccccc2)CCCN1CCCCOc1ccc(F)c(F)c1. The Bertz CT molecular complexity index is 732. The molecule has 4 heteroatoms. The van der Waals surface area contributed by atoms with Crippen molar-refractivity contribution in [3.05, 3.63) is 65.7 Å². The first kappa shape index (κ1) is 19.8. The summed E-state index contributed by atoms with van der Waals surface area (Å²) < 4.78 is 31.7. The third-order valence-electron chi connectivity index (χ3n) is 5.77. The van der Waals surface area contributed by atoms with E-state index in [2.05, 4.69) is 49.1 Å². The lowest BCUT2D eigenvalue weighted by Crippen LogP contribution is -2.52. The summed E-state index contributed by atoms with van der Waals surface area (Å²) in [7, 11) is 0. The molecule has 2 aromatic carbocycles. The molecule has 1 aliphatic rings. The standard InChI is InChI=1S/C23H29F2NO/c1-23(2)20(18-9-4-3-5-10-18)11-8-15-26(23)14-6-7-16-27-19-12-13-21(24)22(25)17-19/h3-5,9-10,12-13,17,20H,6-8,11,14-16H2,1-2H3. The highest BCUT2D eigenvalue weighted by Crippen LogP contribution is 2.40. The fourth-order valence-corrected chi connectivity index (χ4v) is 4.17. The van der Waals surface area contributed by atoms with E-state index in [1.165, 1.54) is 24.5 Å². The lowest BCUT2D eigenvalue weighted by atomic mass is 9.75. The lowest BCUT2D eigenvalue weighted by molar-refractivity contribution is 0.0525. The Hall–Kier alpha value is -1.94. The molecule has 1 aliphatic heterocycles. The van der Waals surface area contributed by atoms with Gasteiger partial charge in [-0.25, -0.2) is 8.78 Å². The van der Waals surface area contributed by atoms with Gasteiger partial charge < -0.3 is 4.74 Å². The van der Waals surface area contributed by atoms with Crippen LogP contribution in [0.5, 0.6) is 5.75 Å². The molecule has 146 valence electrons. The van der Waals surface area contributed by atoms with Crippen LogP contribution in [0.3, 0.4) is 0 Å². The Balaban J connectivity index is 1.48. The minimum atomic E-state index is -0.866. The number of benzene rings is 2. The minimum absolute atomic E-state index is 0.126. The summed E-state index contributed by atoms with van der Waals surface area (Å²) in [5.74, 6) is -0.778. The number of hydrogen-bond donors (Lipinski definition) is 0. The maximum absolute atomic E-state index is 13.2. The zero-order valence-electron chi connectivity index (χ0n) is 16.3. The van der Waals surface area contributed by atoms with Gasteiger partial charge in [-0.05, 0) is 70.3 Å². The molecule has 1 heterocycles. The van der Waals surface area contributed by atoms with Crippen molar-refractivity contribution in [1.29, 1.82) is 0 Å². The summed E-state index contributed by atoms with van der Waals surface area (Å²) in [6, 6.07) is 14.5. The molecule has 2 nitrogen and oxygen atoms in total. The predicted molar refractivity (Wildman–Crippen MR) is 105 cm³/mol. The van der Waals surface area contributed by atoms with Gasteiger partial charge in [0, 0.05) is 17.5 Å². The van der Waals surface area contributed by atoms with E-state index in [1.54, 1.807) is 0 Å². The second-order valence-electron chi connectivity index (χ2n) is 7.88. The molecule has 1 saturated heterocycles. The molecule has 27 heavy (non-hydrogen) atoms. The Kier molecular flexibility index (Phi) is 6.48. The van der Waals surface area contributed by atoms with E-state index >= 15 is 0 Å². The zero-order valence-corrected chi connectivity index (χ0v) is 16.3. The Morgan fingerprint density at radius 3 is 2.56 bits per heavy atom. The first-order valence-electron chi connectivity index (χ1n) is 9.86. The summed E-state index contributed by atoms with van der Waals surface area (Å²) in [5.41, 5.74) is 1.55. The average Bonchev–Trinajstić information content (AvgIpc) is 2.66. The van der Waals surface area contributed by atoms with E-state index in [1.807, 2.05) is 0 Å². The molecule has 0 bridgehead atoms. The number of unbranched alkanes of at least 4 members (excludes halogenated alkanes) is 1. The third-order valence-corrected chi connectivity index (χ3v) is 5.77. The van der Waals surface area contributed by atoms with Crippen molar-refractivity contribution < 1.29 is 13.5 Å². The molecule has 0 saturated carbocycles. The van der Waals surface area contributed by atoms with Crippen LogP contribution in [0.1, 0.15) is 51.0 Å². The third kappa shape index (κ3) is 4.86. The van der Waals surface area contributed by atoms with Gasteiger partial charge in [0.1, 0.15) is 5.75 Å². The molecule has 0 aliphatic carbocycles. The number of rotatable bonds is 7. The summed E-state index contributed by atoms with van der Waals surface area (Å²) in [5, 5.41) is 0. The molecule has 1 unspecified atom stereocenters. The van der Waals surface area contributed by atoms with Crippen LogP contribution in [0.2, 0.25) is 0 Å². The van der Waals surface area contributed by atoms with Gasteiger partial charge in [0.25, 0.3) is 0 Å². The normalized spacial score (nSPS) is 19.8. The lowest BCUT2D eigenvalue weighted by Gasteiger charge is -2.48. The summed E-state index contributed by atoms with van der Waals surface area (Å²) in [4.78, 5) is 2.59. The topological polar surface area (TPSA) is 12.5 Å². The number of halogens is 2. The number of piperidine rings is 1.